The van der Waals surface area contributed by atoms with Crippen molar-refractivity contribution < 1.29 is 14.6 Å². The molecule has 1 N–H and O–H groups in total. The lowest BCUT2D eigenvalue weighted by Crippen LogP contribution is -2.50. The number of pyridine rings is 1. The Bertz CT molecular complexity index is 761. The molecule has 2 aromatic rings. The number of aromatic nitrogens is 1. The van der Waals surface area contributed by atoms with Crippen LogP contribution in [-0.4, -0.2) is 52.9 Å². The Hall–Kier alpha value is -2.76. The predicted molar refractivity (Wildman–Crippen MR) is 101 cm³/mol. The van der Waals surface area contributed by atoms with Crippen LogP contribution >= 0.6 is 0 Å². The number of rotatable bonds is 2. The number of phenols is 1. The van der Waals surface area contributed by atoms with Crippen molar-refractivity contribution in [2.45, 2.75) is 26.4 Å². The summed E-state index contributed by atoms with van der Waals surface area (Å²) in [6.45, 7) is 8.29. The number of hydrogen-bond acceptors (Lipinski definition) is 5. The van der Waals surface area contributed by atoms with Crippen LogP contribution in [0.5, 0.6) is 5.75 Å². The van der Waals surface area contributed by atoms with Gasteiger partial charge in [0.1, 0.15) is 17.2 Å². The molecule has 0 aliphatic carbocycles. The van der Waals surface area contributed by atoms with Crippen LogP contribution in [0.3, 0.4) is 0 Å². The first kappa shape index (κ1) is 18.0. The van der Waals surface area contributed by atoms with E-state index < -0.39 is 5.60 Å². The molecule has 0 spiro atoms. The maximum atomic E-state index is 12.1. The number of benzene rings is 1. The Balaban J connectivity index is 1.60. The molecule has 6 nitrogen and oxygen atoms in total. The van der Waals surface area contributed by atoms with Gasteiger partial charge in [-0.1, -0.05) is 12.1 Å². The number of carbonyl (C=O) groups is 1. The smallest absolute Gasteiger partial charge is 0.410 e. The lowest BCUT2D eigenvalue weighted by Gasteiger charge is -2.36. The van der Waals surface area contributed by atoms with Crippen LogP contribution in [0.1, 0.15) is 20.8 Å². The molecule has 26 heavy (non-hydrogen) atoms. The second kappa shape index (κ2) is 7.23. The fraction of sp³-hybridized carbons (Fsp3) is 0.400. The molecule has 3 rings (SSSR count). The molecule has 0 radical (unpaired) electrons. The molecule has 6 heteroatoms. The van der Waals surface area contributed by atoms with Gasteiger partial charge in [-0.2, -0.15) is 0 Å². The summed E-state index contributed by atoms with van der Waals surface area (Å²) in [5.74, 6) is 1.13. The predicted octanol–water partition coefficient (Wildman–Crippen LogP) is 3.51. The number of carbonyl (C=O) groups excluding carboxylic acids is 1. The van der Waals surface area contributed by atoms with Gasteiger partial charge in [-0.05, 0) is 50.6 Å². The van der Waals surface area contributed by atoms with E-state index in [0.717, 1.165) is 30.0 Å². The van der Waals surface area contributed by atoms with Crippen molar-refractivity contribution in [2.24, 2.45) is 0 Å². The van der Waals surface area contributed by atoms with Gasteiger partial charge in [0.05, 0.1) is 0 Å². The van der Waals surface area contributed by atoms with E-state index in [4.69, 9.17) is 4.74 Å². The van der Waals surface area contributed by atoms with Gasteiger partial charge in [0.25, 0.3) is 0 Å². The molecule has 138 valence electrons. The van der Waals surface area contributed by atoms with E-state index in [2.05, 4.69) is 9.88 Å². The molecular weight excluding hydrogens is 330 g/mol. The number of nitrogens with zero attached hydrogens (tertiary/aromatic N) is 3. The normalized spacial score (nSPS) is 15.0. The summed E-state index contributed by atoms with van der Waals surface area (Å²) in [6, 6.07) is 11.1. The van der Waals surface area contributed by atoms with Gasteiger partial charge >= 0.3 is 6.09 Å². The summed E-state index contributed by atoms with van der Waals surface area (Å²) in [5.41, 5.74) is 1.41. The van der Waals surface area contributed by atoms with Crippen LogP contribution < -0.4 is 4.90 Å². The van der Waals surface area contributed by atoms with E-state index in [9.17, 15) is 9.90 Å². The standard InChI is InChI=1S/C20H25N3O3/c1-20(2,3)26-19(25)23-11-9-22(10-12-23)18-8-7-16(14-21-18)15-5-4-6-17(24)13-15/h4-8,13-14,24H,9-12H2,1-3H3. The Morgan fingerprint density at radius 2 is 1.81 bits per heavy atom. The van der Waals surface area contributed by atoms with Crippen molar-refractivity contribution >= 4 is 11.9 Å². The van der Waals surface area contributed by atoms with Gasteiger partial charge in [-0.15, -0.1) is 0 Å². The van der Waals surface area contributed by atoms with Crippen LogP contribution in [0.2, 0.25) is 0 Å². The highest BCUT2D eigenvalue weighted by Gasteiger charge is 2.26. The molecule has 0 unspecified atom stereocenters. The summed E-state index contributed by atoms with van der Waals surface area (Å²) >= 11 is 0. The third kappa shape index (κ3) is 4.45. The fourth-order valence-corrected chi connectivity index (χ4v) is 2.87. The molecule has 0 bridgehead atoms. The average molecular weight is 355 g/mol. The van der Waals surface area contributed by atoms with Gasteiger partial charge in [0, 0.05) is 37.9 Å². The van der Waals surface area contributed by atoms with Crippen LogP contribution in [-0.2, 0) is 4.74 Å². The SMILES string of the molecule is CC(C)(C)OC(=O)N1CCN(c2ccc(-c3cccc(O)c3)cn2)CC1. The zero-order valence-corrected chi connectivity index (χ0v) is 15.5. The number of piperazine rings is 1. The Kier molecular flexibility index (Phi) is 5.02. The zero-order valence-electron chi connectivity index (χ0n) is 15.5. The molecule has 1 aliphatic rings. The first-order chi connectivity index (χ1) is 12.3. The molecule has 0 saturated carbocycles. The van der Waals surface area contributed by atoms with Crippen molar-refractivity contribution in [3.8, 4) is 16.9 Å². The molecule has 1 saturated heterocycles. The lowest BCUT2D eigenvalue weighted by molar-refractivity contribution is 0.0240. The maximum absolute atomic E-state index is 12.1. The second-order valence-electron chi connectivity index (χ2n) is 7.41. The van der Waals surface area contributed by atoms with Gasteiger partial charge < -0.3 is 19.6 Å². The number of ether oxygens (including phenoxy) is 1. The number of phenolic OH excluding ortho intramolecular Hbond substituents is 1. The minimum absolute atomic E-state index is 0.241. The quantitative estimate of drug-likeness (QED) is 0.893. The topological polar surface area (TPSA) is 65.9 Å². The van der Waals surface area contributed by atoms with Crippen LogP contribution in [0, 0.1) is 0 Å². The van der Waals surface area contributed by atoms with Gasteiger partial charge in [-0.25, -0.2) is 9.78 Å². The van der Waals surface area contributed by atoms with E-state index in [1.807, 2.05) is 51.2 Å². The van der Waals surface area contributed by atoms with Gasteiger partial charge in [0.2, 0.25) is 0 Å². The Morgan fingerprint density at radius 3 is 2.38 bits per heavy atom. The van der Waals surface area contributed by atoms with E-state index in [1.165, 1.54) is 0 Å². The minimum atomic E-state index is -0.475. The molecule has 1 aromatic carbocycles. The highest BCUT2D eigenvalue weighted by atomic mass is 16.6. The summed E-state index contributed by atoms with van der Waals surface area (Å²) in [7, 11) is 0. The van der Waals surface area contributed by atoms with E-state index >= 15 is 0 Å². The summed E-state index contributed by atoms with van der Waals surface area (Å²) in [6.07, 6.45) is 1.55. The van der Waals surface area contributed by atoms with Crippen molar-refractivity contribution in [3.63, 3.8) is 0 Å². The average Bonchev–Trinajstić information content (AvgIpc) is 2.61. The summed E-state index contributed by atoms with van der Waals surface area (Å²) < 4.78 is 5.42. The Morgan fingerprint density at radius 1 is 1.08 bits per heavy atom. The number of amides is 1. The van der Waals surface area contributed by atoms with E-state index in [-0.39, 0.29) is 11.8 Å². The second-order valence-corrected chi connectivity index (χ2v) is 7.41. The third-order valence-electron chi connectivity index (χ3n) is 4.18. The molecule has 1 fully saturated rings. The monoisotopic (exact) mass is 355 g/mol. The largest absolute Gasteiger partial charge is 0.508 e. The number of anilines is 1. The zero-order chi connectivity index (χ0) is 18.7. The van der Waals surface area contributed by atoms with Gasteiger partial charge in [0.15, 0.2) is 0 Å². The molecule has 1 aliphatic heterocycles. The maximum Gasteiger partial charge on any atom is 0.410 e. The number of hydrogen-bond donors (Lipinski definition) is 1. The van der Waals surface area contributed by atoms with Crippen molar-refractivity contribution in [3.05, 3.63) is 42.6 Å². The molecule has 2 heterocycles. The third-order valence-corrected chi connectivity index (χ3v) is 4.18. The van der Waals surface area contributed by atoms with Crippen molar-refractivity contribution in [2.75, 3.05) is 31.1 Å². The van der Waals surface area contributed by atoms with Crippen LogP contribution in [0.25, 0.3) is 11.1 Å². The molecule has 1 amide bonds. The Labute approximate surface area is 154 Å². The highest BCUT2D eigenvalue weighted by molar-refractivity contribution is 5.69. The van der Waals surface area contributed by atoms with E-state index in [1.54, 1.807) is 17.0 Å². The van der Waals surface area contributed by atoms with Crippen molar-refractivity contribution in [1.82, 2.24) is 9.88 Å². The molecular formula is C20H25N3O3. The minimum Gasteiger partial charge on any atom is -0.508 e. The molecule has 0 atom stereocenters. The summed E-state index contributed by atoms with van der Waals surface area (Å²) in [4.78, 5) is 20.6. The summed E-state index contributed by atoms with van der Waals surface area (Å²) in [5, 5.41) is 9.60. The lowest BCUT2D eigenvalue weighted by atomic mass is 10.1. The highest BCUT2D eigenvalue weighted by Crippen LogP contribution is 2.24. The van der Waals surface area contributed by atoms with Crippen LogP contribution in [0.15, 0.2) is 42.6 Å². The van der Waals surface area contributed by atoms with Crippen LogP contribution in [0.4, 0.5) is 10.6 Å². The first-order valence-corrected chi connectivity index (χ1v) is 8.80. The molecule has 1 aromatic heterocycles. The van der Waals surface area contributed by atoms with Crippen molar-refractivity contribution in [1.29, 1.82) is 0 Å². The van der Waals surface area contributed by atoms with Gasteiger partial charge in [-0.3, -0.25) is 0 Å². The number of aromatic hydroxyl groups is 1. The van der Waals surface area contributed by atoms with E-state index in [0.29, 0.717) is 13.1 Å². The first-order valence-electron chi connectivity index (χ1n) is 8.80. The fourth-order valence-electron chi connectivity index (χ4n) is 2.87.